The second-order valence-corrected chi connectivity index (χ2v) is 7.44. The van der Waals surface area contributed by atoms with E-state index in [2.05, 4.69) is 15.6 Å². The van der Waals surface area contributed by atoms with E-state index >= 15 is 0 Å². The summed E-state index contributed by atoms with van der Waals surface area (Å²) in [7, 11) is 1.57. The van der Waals surface area contributed by atoms with Crippen LogP contribution in [0.2, 0.25) is 0 Å². The highest BCUT2D eigenvalue weighted by molar-refractivity contribution is 6.05. The summed E-state index contributed by atoms with van der Waals surface area (Å²) in [6.45, 7) is 0.596. The third-order valence-electron chi connectivity index (χ3n) is 5.39. The molecule has 0 aliphatic carbocycles. The second kappa shape index (κ2) is 8.91. The van der Waals surface area contributed by atoms with Gasteiger partial charge in [-0.2, -0.15) is 0 Å². The molecule has 1 saturated heterocycles. The first kappa shape index (κ1) is 20.5. The average Bonchev–Trinajstić information content (AvgIpc) is 3.30. The lowest BCUT2D eigenvalue weighted by Crippen LogP contribution is -2.37. The maximum Gasteiger partial charge on any atom is 0.325 e. The molecule has 4 rings (SSSR count). The Morgan fingerprint density at radius 3 is 2.68 bits per heavy atom. The highest BCUT2D eigenvalue weighted by Gasteiger charge is 2.38. The minimum atomic E-state index is -0.848. The molecule has 8 heteroatoms. The SMILES string of the molecule is COc1ccc(CN2C(=O)N[C@H](CC(=O)NCCc3c[nH]c4ccccc34)C2=O)cc1. The number of rotatable bonds is 8. The number of amides is 4. The van der Waals surface area contributed by atoms with Crippen molar-refractivity contribution in [3.05, 3.63) is 65.9 Å². The van der Waals surface area contributed by atoms with Crippen LogP contribution in [0.4, 0.5) is 4.79 Å². The normalized spacial score (nSPS) is 15.9. The maximum atomic E-state index is 12.6. The number of hydrogen-bond acceptors (Lipinski definition) is 4. The van der Waals surface area contributed by atoms with Crippen molar-refractivity contribution in [1.29, 1.82) is 0 Å². The molecule has 0 radical (unpaired) electrons. The molecule has 31 heavy (non-hydrogen) atoms. The number of nitrogens with one attached hydrogen (secondary N) is 3. The summed E-state index contributed by atoms with van der Waals surface area (Å²) in [5, 5.41) is 6.57. The van der Waals surface area contributed by atoms with Gasteiger partial charge >= 0.3 is 6.03 Å². The van der Waals surface area contributed by atoms with Gasteiger partial charge in [-0.1, -0.05) is 30.3 Å². The highest BCUT2D eigenvalue weighted by Crippen LogP contribution is 2.18. The summed E-state index contributed by atoms with van der Waals surface area (Å²) in [5.74, 6) is 0.0283. The summed E-state index contributed by atoms with van der Waals surface area (Å²) < 4.78 is 5.11. The molecular formula is C23H24N4O4. The molecule has 2 aromatic carbocycles. The topological polar surface area (TPSA) is 104 Å². The molecule has 0 saturated carbocycles. The molecular weight excluding hydrogens is 396 g/mol. The van der Waals surface area contributed by atoms with E-state index in [1.807, 2.05) is 30.5 Å². The van der Waals surface area contributed by atoms with E-state index in [1.165, 1.54) is 0 Å². The number of fused-ring (bicyclic) bond motifs is 1. The summed E-state index contributed by atoms with van der Waals surface area (Å²) >= 11 is 0. The van der Waals surface area contributed by atoms with E-state index < -0.39 is 18.0 Å². The molecule has 1 aromatic heterocycles. The van der Waals surface area contributed by atoms with Gasteiger partial charge in [0, 0.05) is 23.6 Å². The van der Waals surface area contributed by atoms with Crippen LogP contribution in [0.5, 0.6) is 5.75 Å². The number of carbonyl (C=O) groups is 3. The minimum absolute atomic E-state index is 0.0857. The Kier molecular flexibility index (Phi) is 5.88. The molecule has 3 N–H and O–H groups in total. The summed E-state index contributed by atoms with van der Waals surface area (Å²) in [6.07, 6.45) is 2.52. The van der Waals surface area contributed by atoms with E-state index in [1.54, 1.807) is 31.4 Å². The molecule has 160 valence electrons. The fraction of sp³-hybridized carbons (Fsp3) is 0.261. The van der Waals surface area contributed by atoms with Gasteiger partial charge in [-0.3, -0.25) is 14.5 Å². The molecule has 4 amide bonds. The van der Waals surface area contributed by atoms with Crippen LogP contribution in [-0.4, -0.2) is 47.4 Å². The van der Waals surface area contributed by atoms with Crippen LogP contribution in [-0.2, 0) is 22.6 Å². The Balaban J connectivity index is 1.28. The van der Waals surface area contributed by atoms with Crippen molar-refractivity contribution in [3.63, 3.8) is 0 Å². The smallest absolute Gasteiger partial charge is 0.325 e. The van der Waals surface area contributed by atoms with Crippen molar-refractivity contribution in [2.45, 2.75) is 25.4 Å². The second-order valence-electron chi connectivity index (χ2n) is 7.44. The number of imide groups is 1. The number of H-pyrrole nitrogens is 1. The zero-order valence-electron chi connectivity index (χ0n) is 17.2. The fourth-order valence-electron chi connectivity index (χ4n) is 3.71. The Labute approximate surface area is 179 Å². The third-order valence-corrected chi connectivity index (χ3v) is 5.39. The Bertz CT molecular complexity index is 1110. The van der Waals surface area contributed by atoms with Crippen molar-refractivity contribution in [3.8, 4) is 5.75 Å². The van der Waals surface area contributed by atoms with Crippen LogP contribution >= 0.6 is 0 Å². The maximum absolute atomic E-state index is 12.6. The first-order valence-corrected chi connectivity index (χ1v) is 10.1. The zero-order chi connectivity index (χ0) is 21.8. The van der Waals surface area contributed by atoms with Gasteiger partial charge in [0.2, 0.25) is 5.91 Å². The number of benzene rings is 2. The predicted molar refractivity (Wildman–Crippen MR) is 115 cm³/mol. The standard InChI is InChI=1S/C23H24N4O4/c1-31-17-8-6-15(7-9-17)14-27-22(29)20(26-23(27)30)12-21(28)24-11-10-16-13-25-19-5-3-2-4-18(16)19/h2-9,13,20,25H,10-12,14H2,1H3,(H,24,28)(H,26,30)/t20-/m1/s1. The van der Waals surface area contributed by atoms with E-state index in [0.29, 0.717) is 18.7 Å². The third kappa shape index (κ3) is 4.53. The molecule has 1 fully saturated rings. The van der Waals surface area contributed by atoms with Crippen molar-refractivity contribution < 1.29 is 19.1 Å². The van der Waals surface area contributed by atoms with E-state index in [-0.39, 0.29) is 18.9 Å². The number of para-hydroxylation sites is 1. The number of methoxy groups -OCH3 is 1. The lowest BCUT2D eigenvalue weighted by atomic mass is 10.1. The molecule has 2 heterocycles. The van der Waals surface area contributed by atoms with Crippen LogP contribution in [0, 0.1) is 0 Å². The molecule has 1 atom stereocenters. The fourth-order valence-corrected chi connectivity index (χ4v) is 3.71. The molecule has 3 aromatic rings. The van der Waals surface area contributed by atoms with Crippen LogP contribution < -0.4 is 15.4 Å². The summed E-state index contributed by atoms with van der Waals surface area (Å²) in [5.41, 5.74) is 2.97. The Morgan fingerprint density at radius 2 is 1.90 bits per heavy atom. The van der Waals surface area contributed by atoms with Gasteiger partial charge in [0.25, 0.3) is 5.91 Å². The average molecular weight is 420 g/mol. The van der Waals surface area contributed by atoms with Gasteiger partial charge in [-0.15, -0.1) is 0 Å². The summed E-state index contributed by atoms with van der Waals surface area (Å²) in [4.78, 5) is 41.5. The Morgan fingerprint density at radius 1 is 1.13 bits per heavy atom. The van der Waals surface area contributed by atoms with Crippen molar-refractivity contribution in [2.24, 2.45) is 0 Å². The zero-order valence-corrected chi connectivity index (χ0v) is 17.2. The van der Waals surface area contributed by atoms with E-state index in [4.69, 9.17) is 4.74 Å². The van der Waals surface area contributed by atoms with Crippen LogP contribution in [0.15, 0.2) is 54.7 Å². The molecule has 1 aliphatic heterocycles. The van der Waals surface area contributed by atoms with Gasteiger partial charge < -0.3 is 20.4 Å². The lowest BCUT2D eigenvalue weighted by molar-refractivity contribution is -0.131. The molecule has 0 spiro atoms. The van der Waals surface area contributed by atoms with Gasteiger partial charge in [-0.25, -0.2) is 4.79 Å². The number of carbonyl (C=O) groups excluding carboxylic acids is 3. The number of ether oxygens (including phenoxy) is 1. The van der Waals surface area contributed by atoms with Gasteiger partial charge in [-0.05, 0) is 35.7 Å². The largest absolute Gasteiger partial charge is 0.497 e. The summed E-state index contributed by atoms with van der Waals surface area (Å²) in [6, 6.07) is 13.8. The van der Waals surface area contributed by atoms with Crippen LogP contribution in [0.1, 0.15) is 17.5 Å². The van der Waals surface area contributed by atoms with Crippen molar-refractivity contribution in [2.75, 3.05) is 13.7 Å². The van der Waals surface area contributed by atoms with Gasteiger partial charge in [0.15, 0.2) is 0 Å². The van der Waals surface area contributed by atoms with Gasteiger partial charge in [0.05, 0.1) is 20.1 Å². The minimum Gasteiger partial charge on any atom is -0.497 e. The van der Waals surface area contributed by atoms with E-state index in [9.17, 15) is 14.4 Å². The van der Waals surface area contributed by atoms with E-state index in [0.717, 1.165) is 26.9 Å². The highest BCUT2D eigenvalue weighted by atomic mass is 16.5. The first-order valence-electron chi connectivity index (χ1n) is 10.1. The van der Waals surface area contributed by atoms with Crippen molar-refractivity contribution >= 4 is 28.7 Å². The first-order chi connectivity index (χ1) is 15.0. The number of urea groups is 1. The Hall–Kier alpha value is -3.81. The molecule has 0 unspecified atom stereocenters. The number of nitrogens with zero attached hydrogens (tertiary/aromatic N) is 1. The molecule has 1 aliphatic rings. The number of aromatic nitrogens is 1. The lowest BCUT2D eigenvalue weighted by Gasteiger charge is -2.13. The number of aromatic amines is 1. The van der Waals surface area contributed by atoms with Crippen LogP contribution in [0.3, 0.4) is 0 Å². The predicted octanol–water partition coefficient (Wildman–Crippen LogP) is 2.35. The van der Waals surface area contributed by atoms with Gasteiger partial charge in [0.1, 0.15) is 11.8 Å². The number of hydrogen-bond donors (Lipinski definition) is 3. The molecule has 0 bridgehead atoms. The van der Waals surface area contributed by atoms with Crippen molar-refractivity contribution in [1.82, 2.24) is 20.5 Å². The monoisotopic (exact) mass is 420 g/mol. The molecule has 8 nitrogen and oxygen atoms in total. The van der Waals surface area contributed by atoms with Crippen LogP contribution in [0.25, 0.3) is 10.9 Å². The quantitative estimate of drug-likeness (QED) is 0.487.